The van der Waals surface area contributed by atoms with Crippen LogP contribution in [0.25, 0.3) is 9.88 Å². The number of anilines is 1. The summed E-state index contributed by atoms with van der Waals surface area (Å²) in [7, 11) is 0. The van der Waals surface area contributed by atoms with Gasteiger partial charge in [0.15, 0.2) is 5.01 Å². The number of nitrogens with one attached hydrogen (secondary N) is 1. The van der Waals surface area contributed by atoms with Crippen molar-refractivity contribution in [2.45, 2.75) is 20.3 Å². The molecule has 4 nitrogen and oxygen atoms in total. The molecule has 0 bridgehead atoms. The van der Waals surface area contributed by atoms with E-state index in [1.54, 1.807) is 18.3 Å². The molecule has 0 aromatic carbocycles. The van der Waals surface area contributed by atoms with Gasteiger partial charge in [-0.15, -0.1) is 21.5 Å². The van der Waals surface area contributed by atoms with Crippen LogP contribution < -0.4 is 5.32 Å². The predicted octanol–water partition coefficient (Wildman–Crippen LogP) is 2.92. The third kappa shape index (κ3) is 2.28. The molecule has 0 atom stereocenters. The lowest BCUT2D eigenvalue weighted by atomic mass is 10.3. The van der Waals surface area contributed by atoms with E-state index in [0.717, 1.165) is 9.88 Å². The molecule has 1 N–H and O–H groups in total. The van der Waals surface area contributed by atoms with Gasteiger partial charge in [0.1, 0.15) is 0 Å². The molecule has 0 radical (unpaired) electrons. The molecule has 0 fully saturated rings. The quantitative estimate of drug-likeness (QED) is 0.915. The Balaban J connectivity index is 2.20. The van der Waals surface area contributed by atoms with Gasteiger partial charge in [-0.05, 0) is 23.9 Å². The minimum Gasteiger partial charge on any atom is -0.301 e. The minimum absolute atomic E-state index is 0.0365. The molecule has 0 spiro atoms. The molecule has 0 aliphatic heterocycles. The summed E-state index contributed by atoms with van der Waals surface area (Å²) in [5, 5.41) is 14.2. The molecule has 0 unspecified atom stereocenters. The van der Waals surface area contributed by atoms with Crippen LogP contribution in [-0.4, -0.2) is 16.1 Å². The molecule has 0 saturated carbocycles. The summed E-state index contributed by atoms with van der Waals surface area (Å²) in [5.41, 5.74) is 1.19. The van der Waals surface area contributed by atoms with Crippen molar-refractivity contribution in [2.75, 3.05) is 5.32 Å². The number of carbonyl (C=O) groups excluding carboxylic acids is 1. The Labute approximate surface area is 101 Å². The number of aryl methyl sites for hydroxylation is 1. The summed E-state index contributed by atoms with van der Waals surface area (Å²) < 4.78 is 0. The highest BCUT2D eigenvalue weighted by atomic mass is 32.1. The van der Waals surface area contributed by atoms with Gasteiger partial charge in [-0.1, -0.05) is 18.3 Å². The number of aromatic nitrogens is 2. The first-order chi connectivity index (χ1) is 7.70. The van der Waals surface area contributed by atoms with E-state index >= 15 is 0 Å². The smallest absolute Gasteiger partial charge is 0.225 e. The average Bonchev–Trinajstić information content (AvgIpc) is 2.86. The summed E-state index contributed by atoms with van der Waals surface area (Å²) in [6.07, 6.45) is 0.451. The molecule has 0 aliphatic carbocycles. The van der Waals surface area contributed by atoms with Crippen molar-refractivity contribution in [3.8, 4) is 9.88 Å². The lowest BCUT2D eigenvalue weighted by Crippen LogP contribution is -2.08. The summed E-state index contributed by atoms with van der Waals surface area (Å²) in [4.78, 5) is 12.3. The van der Waals surface area contributed by atoms with E-state index < -0.39 is 0 Å². The number of hydrogen-bond acceptors (Lipinski definition) is 5. The number of hydrogen-bond donors (Lipinski definition) is 1. The molecule has 2 aromatic heterocycles. The highest BCUT2D eigenvalue weighted by Gasteiger charge is 2.11. The van der Waals surface area contributed by atoms with E-state index in [1.165, 1.54) is 16.9 Å². The van der Waals surface area contributed by atoms with E-state index in [0.29, 0.717) is 11.6 Å². The van der Waals surface area contributed by atoms with Crippen molar-refractivity contribution in [3.63, 3.8) is 0 Å². The number of amides is 1. The summed E-state index contributed by atoms with van der Waals surface area (Å²) in [6, 6.07) is 2.05. The van der Waals surface area contributed by atoms with Crippen LogP contribution in [0.4, 0.5) is 5.13 Å². The van der Waals surface area contributed by atoms with Crippen LogP contribution in [0.2, 0.25) is 0 Å². The van der Waals surface area contributed by atoms with Crippen molar-refractivity contribution >= 4 is 33.7 Å². The van der Waals surface area contributed by atoms with Gasteiger partial charge in [0, 0.05) is 6.42 Å². The second-order valence-electron chi connectivity index (χ2n) is 3.25. The average molecular weight is 253 g/mol. The molecule has 16 heavy (non-hydrogen) atoms. The predicted molar refractivity (Wildman–Crippen MR) is 66.9 cm³/mol. The first-order valence-electron chi connectivity index (χ1n) is 4.88. The Morgan fingerprint density at radius 2 is 2.31 bits per heavy atom. The molecule has 2 aromatic rings. The fourth-order valence-electron chi connectivity index (χ4n) is 1.16. The number of carbonyl (C=O) groups is 1. The maximum Gasteiger partial charge on any atom is 0.225 e. The van der Waals surface area contributed by atoms with Crippen molar-refractivity contribution in [1.82, 2.24) is 10.2 Å². The first kappa shape index (κ1) is 11.2. The monoisotopic (exact) mass is 253 g/mol. The lowest BCUT2D eigenvalue weighted by Gasteiger charge is -1.94. The largest absolute Gasteiger partial charge is 0.301 e. The van der Waals surface area contributed by atoms with Gasteiger partial charge in [0.2, 0.25) is 11.0 Å². The molecule has 0 aliphatic rings. The fourth-order valence-corrected chi connectivity index (χ4v) is 3.00. The zero-order valence-corrected chi connectivity index (χ0v) is 10.6. The molecule has 2 heterocycles. The molecule has 2 rings (SSSR count). The highest BCUT2D eigenvalue weighted by molar-refractivity contribution is 7.23. The molecule has 6 heteroatoms. The van der Waals surface area contributed by atoms with Gasteiger partial charge in [0.25, 0.3) is 0 Å². The molecular weight excluding hydrogens is 242 g/mol. The first-order valence-corrected chi connectivity index (χ1v) is 6.58. The van der Waals surface area contributed by atoms with Gasteiger partial charge in [-0.25, -0.2) is 0 Å². The highest BCUT2D eigenvalue weighted by Crippen LogP contribution is 2.32. The van der Waals surface area contributed by atoms with Gasteiger partial charge in [0.05, 0.1) is 4.88 Å². The fraction of sp³-hybridized carbons (Fsp3) is 0.300. The summed E-state index contributed by atoms with van der Waals surface area (Å²) in [6.45, 7) is 3.85. The second-order valence-corrected chi connectivity index (χ2v) is 5.14. The third-order valence-electron chi connectivity index (χ3n) is 2.05. The number of rotatable bonds is 3. The van der Waals surface area contributed by atoms with E-state index in [9.17, 15) is 4.79 Å². The Bertz CT molecular complexity index is 504. The van der Waals surface area contributed by atoms with Gasteiger partial charge < -0.3 is 5.32 Å². The second kappa shape index (κ2) is 4.71. The van der Waals surface area contributed by atoms with Crippen molar-refractivity contribution < 1.29 is 4.79 Å². The molecular formula is C10H11N3OS2. The van der Waals surface area contributed by atoms with E-state index in [-0.39, 0.29) is 5.91 Å². The van der Waals surface area contributed by atoms with Crippen molar-refractivity contribution in [3.05, 3.63) is 17.0 Å². The number of nitrogens with zero attached hydrogens (tertiary/aromatic N) is 2. The SMILES string of the molecule is CCC(=O)Nc1nnc(-c2sccc2C)s1. The van der Waals surface area contributed by atoms with Crippen molar-refractivity contribution in [2.24, 2.45) is 0 Å². The third-order valence-corrected chi connectivity index (χ3v) is 4.06. The zero-order valence-electron chi connectivity index (χ0n) is 8.98. The van der Waals surface area contributed by atoms with Crippen LogP contribution in [-0.2, 0) is 4.79 Å². The van der Waals surface area contributed by atoms with E-state index in [4.69, 9.17) is 0 Å². The summed E-state index contributed by atoms with van der Waals surface area (Å²) in [5.74, 6) is -0.0365. The van der Waals surface area contributed by atoms with E-state index in [1.807, 2.05) is 18.4 Å². The van der Waals surface area contributed by atoms with Crippen LogP contribution in [0.15, 0.2) is 11.4 Å². The van der Waals surface area contributed by atoms with E-state index in [2.05, 4.69) is 15.5 Å². The van der Waals surface area contributed by atoms with Crippen LogP contribution in [0.3, 0.4) is 0 Å². The van der Waals surface area contributed by atoms with Crippen LogP contribution in [0.5, 0.6) is 0 Å². The molecule has 1 amide bonds. The molecule has 0 saturated heterocycles. The Morgan fingerprint density at radius 1 is 1.50 bits per heavy atom. The Kier molecular flexibility index (Phi) is 3.31. The van der Waals surface area contributed by atoms with Gasteiger partial charge in [-0.2, -0.15) is 0 Å². The maximum absolute atomic E-state index is 11.2. The van der Waals surface area contributed by atoms with Crippen LogP contribution in [0, 0.1) is 6.92 Å². The number of thiophene rings is 1. The normalized spacial score (nSPS) is 10.4. The van der Waals surface area contributed by atoms with Crippen LogP contribution in [0.1, 0.15) is 18.9 Å². The Morgan fingerprint density at radius 3 is 2.94 bits per heavy atom. The van der Waals surface area contributed by atoms with Crippen molar-refractivity contribution in [1.29, 1.82) is 0 Å². The van der Waals surface area contributed by atoms with Gasteiger partial charge in [-0.3, -0.25) is 4.79 Å². The van der Waals surface area contributed by atoms with Gasteiger partial charge >= 0.3 is 0 Å². The minimum atomic E-state index is -0.0365. The zero-order chi connectivity index (χ0) is 11.5. The standard InChI is InChI=1S/C10H11N3OS2/c1-3-7(14)11-10-13-12-9(16-10)8-6(2)4-5-15-8/h4-5H,3H2,1-2H3,(H,11,13,14). The Hall–Kier alpha value is -1.27. The topological polar surface area (TPSA) is 54.9 Å². The summed E-state index contributed by atoms with van der Waals surface area (Å²) >= 11 is 3.04. The van der Waals surface area contributed by atoms with Crippen LogP contribution >= 0.6 is 22.7 Å². The maximum atomic E-state index is 11.2. The lowest BCUT2D eigenvalue weighted by molar-refractivity contribution is -0.115. The molecule has 84 valence electrons.